The van der Waals surface area contributed by atoms with Gasteiger partial charge in [0.2, 0.25) is 5.91 Å². The van der Waals surface area contributed by atoms with Gasteiger partial charge in [-0.05, 0) is 34.1 Å². The third kappa shape index (κ3) is 3.42. The summed E-state index contributed by atoms with van der Waals surface area (Å²) in [5.74, 6) is -0.337. The molecule has 0 aromatic carbocycles. The Bertz CT molecular complexity index is 270. The van der Waals surface area contributed by atoms with Crippen molar-refractivity contribution in [2.24, 2.45) is 16.3 Å². The first-order valence-corrected chi connectivity index (χ1v) is 4.98. The maximum Gasteiger partial charge on any atom is 0.233 e. The Morgan fingerprint density at radius 3 is 2.20 bits per heavy atom. The summed E-state index contributed by atoms with van der Waals surface area (Å²) in [6, 6.07) is 0. The Hall–Kier alpha value is -1.26. The maximum atomic E-state index is 11.9. The molecule has 0 aromatic heterocycles. The molecule has 0 aliphatic heterocycles. The number of rotatable bonds is 4. The number of amidine groups is 1. The summed E-state index contributed by atoms with van der Waals surface area (Å²) in [5, 5.41) is 14.3. The molecule has 0 saturated carbocycles. The fraction of sp³-hybridized carbons (Fsp3) is 0.800. The maximum absolute atomic E-state index is 11.9. The molecule has 5 heteroatoms. The lowest BCUT2D eigenvalue weighted by Gasteiger charge is -2.30. The van der Waals surface area contributed by atoms with E-state index in [0.717, 1.165) is 6.42 Å². The first-order valence-electron chi connectivity index (χ1n) is 4.98. The topological polar surface area (TPSA) is 87.7 Å². The summed E-state index contributed by atoms with van der Waals surface area (Å²) in [5.41, 5.74) is 4.16. The van der Waals surface area contributed by atoms with Crippen molar-refractivity contribution >= 4 is 11.7 Å². The Balaban J connectivity index is 4.73. The van der Waals surface area contributed by atoms with Crippen LogP contribution in [0.1, 0.15) is 41.0 Å². The molecule has 1 amide bonds. The van der Waals surface area contributed by atoms with Crippen molar-refractivity contribution in [1.82, 2.24) is 5.32 Å². The molecule has 0 heterocycles. The molecule has 15 heavy (non-hydrogen) atoms. The zero-order chi connectivity index (χ0) is 12.3. The minimum atomic E-state index is -0.999. The first kappa shape index (κ1) is 13.7. The Morgan fingerprint density at radius 2 is 1.87 bits per heavy atom. The van der Waals surface area contributed by atoms with Gasteiger partial charge in [-0.25, -0.2) is 0 Å². The number of hydrogen-bond donors (Lipinski definition) is 3. The van der Waals surface area contributed by atoms with Crippen LogP contribution in [0.15, 0.2) is 5.16 Å². The summed E-state index contributed by atoms with van der Waals surface area (Å²) in [4.78, 5) is 11.9. The third-order valence-electron chi connectivity index (χ3n) is 2.65. The SMILES string of the molecule is CCC(C)(C)NC(=O)C(C)(C)C(N)=NO. The Kier molecular flexibility index (Phi) is 4.13. The summed E-state index contributed by atoms with van der Waals surface area (Å²) < 4.78 is 0. The van der Waals surface area contributed by atoms with Gasteiger partial charge in [0, 0.05) is 5.54 Å². The van der Waals surface area contributed by atoms with Crippen LogP contribution in [0.2, 0.25) is 0 Å². The van der Waals surface area contributed by atoms with Gasteiger partial charge in [-0.2, -0.15) is 0 Å². The average Bonchev–Trinajstić information content (AvgIpc) is 2.15. The fourth-order valence-corrected chi connectivity index (χ4v) is 0.793. The van der Waals surface area contributed by atoms with Gasteiger partial charge in [0.15, 0.2) is 5.84 Å². The zero-order valence-corrected chi connectivity index (χ0v) is 10.1. The van der Waals surface area contributed by atoms with Gasteiger partial charge in [0.25, 0.3) is 0 Å². The number of nitrogens with one attached hydrogen (secondary N) is 1. The molecule has 88 valence electrons. The average molecular weight is 215 g/mol. The molecule has 5 nitrogen and oxygen atoms in total. The van der Waals surface area contributed by atoms with Gasteiger partial charge in [-0.1, -0.05) is 12.1 Å². The molecule has 0 radical (unpaired) electrons. The molecule has 0 aromatic rings. The fourth-order valence-electron chi connectivity index (χ4n) is 0.793. The predicted octanol–water partition coefficient (Wildman–Crippen LogP) is 1.06. The summed E-state index contributed by atoms with van der Waals surface area (Å²) in [7, 11) is 0. The van der Waals surface area contributed by atoms with E-state index in [2.05, 4.69) is 10.5 Å². The van der Waals surface area contributed by atoms with Gasteiger partial charge in [0.05, 0.1) is 0 Å². The van der Waals surface area contributed by atoms with E-state index in [0.29, 0.717) is 0 Å². The standard InChI is InChI=1S/C10H21N3O2/c1-6-9(2,3)12-8(14)10(4,5)7(11)13-15/h15H,6H2,1-5H3,(H2,11,13)(H,12,14). The lowest BCUT2D eigenvalue weighted by atomic mass is 9.89. The highest BCUT2D eigenvalue weighted by Crippen LogP contribution is 2.18. The van der Waals surface area contributed by atoms with Crippen LogP contribution in [0.4, 0.5) is 0 Å². The van der Waals surface area contributed by atoms with Crippen LogP contribution in [0.5, 0.6) is 0 Å². The second-order valence-corrected chi connectivity index (χ2v) is 4.80. The number of nitrogens with two attached hydrogens (primary N) is 1. The molecular formula is C10H21N3O2. The van der Waals surface area contributed by atoms with Gasteiger partial charge in [0.1, 0.15) is 5.41 Å². The summed E-state index contributed by atoms with van der Waals surface area (Å²) in [6.07, 6.45) is 0.811. The van der Waals surface area contributed by atoms with Crippen LogP contribution in [0, 0.1) is 5.41 Å². The normalized spacial score (nSPS) is 13.8. The minimum absolute atomic E-state index is 0.0908. The minimum Gasteiger partial charge on any atom is -0.409 e. The molecular weight excluding hydrogens is 194 g/mol. The van der Waals surface area contributed by atoms with Crippen molar-refractivity contribution in [3.8, 4) is 0 Å². The molecule has 0 atom stereocenters. The van der Waals surface area contributed by atoms with Gasteiger partial charge < -0.3 is 16.3 Å². The number of carbonyl (C=O) groups excluding carboxylic acids is 1. The van der Waals surface area contributed by atoms with Crippen molar-refractivity contribution in [3.05, 3.63) is 0 Å². The molecule has 0 unspecified atom stereocenters. The zero-order valence-electron chi connectivity index (χ0n) is 10.1. The number of nitrogens with zero attached hydrogens (tertiary/aromatic N) is 1. The van der Waals surface area contributed by atoms with Gasteiger partial charge >= 0.3 is 0 Å². The van der Waals surface area contributed by atoms with Crippen molar-refractivity contribution in [3.63, 3.8) is 0 Å². The van der Waals surface area contributed by atoms with Crippen LogP contribution >= 0.6 is 0 Å². The van der Waals surface area contributed by atoms with Gasteiger partial charge in [-0.15, -0.1) is 0 Å². The smallest absolute Gasteiger partial charge is 0.233 e. The van der Waals surface area contributed by atoms with Crippen LogP contribution < -0.4 is 11.1 Å². The Labute approximate surface area is 90.7 Å². The van der Waals surface area contributed by atoms with E-state index in [1.165, 1.54) is 0 Å². The van der Waals surface area contributed by atoms with Crippen molar-refractivity contribution in [1.29, 1.82) is 0 Å². The first-order chi connectivity index (χ1) is 6.67. The highest BCUT2D eigenvalue weighted by Gasteiger charge is 2.35. The monoisotopic (exact) mass is 215 g/mol. The van der Waals surface area contributed by atoms with Crippen molar-refractivity contribution in [2.75, 3.05) is 0 Å². The third-order valence-corrected chi connectivity index (χ3v) is 2.65. The van der Waals surface area contributed by atoms with E-state index < -0.39 is 5.41 Å². The molecule has 0 spiro atoms. The summed E-state index contributed by atoms with van der Waals surface area (Å²) >= 11 is 0. The molecule has 0 fully saturated rings. The van der Waals surface area contributed by atoms with E-state index in [1.807, 2.05) is 20.8 Å². The van der Waals surface area contributed by atoms with Crippen molar-refractivity contribution < 1.29 is 10.0 Å². The number of carbonyl (C=O) groups is 1. The lowest BCUT2D eigenvalue weighted by molar-refractivity contribution is -0.128. The van der Waals surface area contributed by atoms with Crippen LogP contribution in [0.3, 0.4) is 0 Å². The van der Waals surface area contributed by atoms with Crippen molar-refractivity contribution in [2.45, 2.75) is 46.6 Å². The van der Waals surface area contributed by atoms with Gasteiger partial charge in [-0.3, -0.25) is 4.79 Å². The van der Waals surface area contributed by atoms with Crippen LogP contribution in [0.25, 0.3) is 0 Å². The molecule has 0 saturated heterocycles. The van der Waals surface area contributed by atoms with E-state index in [4.69, 9.17) is 10.9 Å². The highest BCUT2D eigenvalue weighted by molar-refractivity contribution is 6.06. The van der Waals surface area contributed by atoms with E-state index in [1.54, 1.807) is 13.8 Å². The van der Waals surface area contributed by atoms with E-state index >= 15 is 0 Å². The molecule has 0 aliphatic rings. The number of oxime groups is 1. The lowest BCUT2D eigenvalue weighted by Crippen LogP contribution is -2.52. The number of hydrogen-bond acceptors (Lipinski definition) is 3. The van der Waals surface area contributed by atoms with E-state index in [9.17, 15) is 4.79 Å². The molecule has 0 rings (SSSR count). The number of amides is 1. The predicted molar refractivity (Wildman–Crippen MR) is 59.7 cm³/mol. The highest BCUT2D eigenvalue weighted by atomic mass is 16.4. The molecule has 0 aliphatic carbocycles. The van der Waals surface area contributed by atoms with Crippen LogP contribution in [-0.4, -0.2) is 22.5 Å². The molecule has 4 N–H and O–H groups in total. The second kappa shape index (κ2) is 4.51. The van der Waals surface area contributed by atoms with E-state index in [-0.39, 0.29) is 17.3 Å². The second-order valence-electron chi connectivity index (χ2n) is 4.80. The Morgan fingerprint density at radius 1 is 1.40 bits per heavy atom. The quantitative estimate of drug-likeness (QED) is 0.283. The summed E-state index contributed by atoms with van der Waals surface area (Å²) in [6.45, 7) is 9.06. The largest absolute Gasteiger partial charge is 0.409 e. The van der Waals surface area contributed by atoms with Crippen LogP contribution in [-0.2, 0) is 4.79 Å². The molecule has 0 bridgehead atoms.